The SMILES string of the molecule is CCOC(=O)N(C)CC(=O)OCc1cccc(CCOC(=O)NCC(=O)OCc2ccccc2)c1. The molecule has 0 spiro atoms. The molecule has 2 aromatic carbocycles. The number of carbonyl (C=O) groups excluding carboxylic acids is 4. The van der Waals surface area contributed by atoms with E-state index in [2.05, 4.69) is 5.32 Å². The van der Waals surface area contributed by atoms with Crippen LogP contribution in [-0.4, -0.2) is 62.4 Å². The molecule has 0 unspecified atom stereocenters. The van der Waals surface area contributed by atoms with Crippen molar-refractivity contribution in [1.82, 2.24) is 10.2 Å². The topological polar surface area (TPSA) is 120 Å². The van der Waals surface area contributed by atoms with Crippen LogP contribution in [0, 0.1) is 0 Å². The first-order valence-electron chi connectivity index (χ1n) is 11.1. The molecule has 10 heteroatoms. The highest BCUT2D eigenvalue weighted by Gasteiger charge is 2.14. The Morgan fingerprint density at radius 3 is 2.20 bits per heavy atom. The van der Waals surface area contributed by atoms with E-state index in [1.807, 2.05) is 42.5 Å². The van der Waals surface area contributed by atoms with Crippen LogP contribution in [0.15, 0.2) is 54.6 Å². The maximum absolute atomic E-state index is 11.9. The summed E-state index contributed by atoms with van der Waals surface area (Å²) in [5.41, 5.74) is 2.47. The lowest BCUT2D eigenvalue weighted by molar-refractivity contribution is -0.145. The van der Waals surface area contributed by atoms with Gasteiger partial charge in [-0.3, -0.25) is 9.59 Å². The van der Waals surface area contributed by atoms with Gasteiger partial charge in [0.15, 0.2) is 0 Å². The van der Waals surface area contributed by atoms with Gasteiger partial charge in [-0.2, -0.15) is 0 Å². The molecule has 0 aliphatic carbocycles. The molecule has 0 radical (unpaired) electrons. The summed E-state index contributed by atoms with van der Waals surface area (Å²) in [6, 6.07) is 16.5. The van der Waals surface area contributed by atoms with Crippen LogP contribution in [0.3, 0.4) is 0 Å². The van der Waals surface area contributed by atoms with Gasteiger partial charge in [-0.1, -0.05) is 54.6 Å². The highest BCUT2D eigenvalue weighted by Crippen LogP contribution is 2.08. The number of alkyl carbamates (subject to hydrolysis) is 1. The predicted octanol–water partition coefficient (Wildman–Crippen LogP) is 2.83. The summed E-state index contributed by atoms with van der Waals surface area (Å²) < 4.78 is 20.2. The maximum atomic E-state index is 11.9. The fourth-order valence-electron chi connectivity index (χ4n) is 2.82. The maximum Gasteiger partial charge on any atom is 0.410 e. The molecule has 0 bridgehead atoms. The number of hydrogen-bond acceptors (Lipinski definition) is 8. The summed E-state index contributed by atoms with van der Waals surface area (Å²) in [6.07, 6.45) is -0.892. The van der Waals surface area contributed by atoms with E-state index in [-0.39, 0.29) is 39.5 Å². The Morgan fingerprint density at radius 2 is 1.46 bits per heavy atom. The van der Waals surface area contributed by atoms with Crippen molar-refractivity contribution in [3.63, 3.8) is 0 Å². The number of rotatable bonds is 12. The third-order valence-electron chi connectivity index (χ3n) is 4.58. The number of amides is 2. The van der Waals surface area contributed by atoms with Crippen molar-refractivity contribution in [3.05, 3.63) is 71.3 Å². The normalized spacial score (nSPS) is 10.1. The summed E-state index contributed by atoms with van der Waals surface area (Å²) >= 11 is 0. The lowest BCUT2D eigenvalue weighted by Gasteiger charge is -2.15. The monoisotopic (exact) mass is 486 g/mol. The summed E-state index contributed by atoms with van der Waals surface area (Å²) in [4.78, 5) is 48.1. The van der Waals surface area contributed by atoms with E-state index in [9.17, 15) is 19.2 Å². The average Bonchev–Trinajstić information content (AvgIpc) is 2.86. The summed E-state index contributed by atoms with van der Waals surface area (Å²) in [7, 11) is 1.45. The van der Waals surface area contributed by atoms with Crippen LogP contribution in [-0.2, 0) is 48.2 Å². The van der Waals surface area contributed by atoms with Crippen LogP contribution in [0.2, 0.25) is 0 Å². The number of ether oxygens (including phenoxy) is 4. The Balaban J connectivity index is 1.64. The molecular formula is C25H30N2O8. The summed E-state index contributed by atoms with van der Waals surface area (Å²) in [6.45, 7) is 1.65. The Morgan fingerprint density at radius 1 is 0.800 bits per heavy atom. The van der Waals surface area contributed by atoms with E-state index in [0.29, 0.717) is 6.42 Å². The van der Waals surface area contributed by atoms with Gasteiger partial charge in [-0.15, -0.1) is 0 Å². The van der Waals surface area contributed by atoms with E-state index < -0.39 is 24.1 Å². The van der Waals surface area contributed by atoms with Gasteiger partial charge in [0.1, 0.15) is 26.3 Å². The van der Waals surface area contributed by atoms with Crippen molar-refractivity contribution in [2.75, 3.05) is 33.4 Å². The second-order valence-corrected chi connectivity index (χ2v) is 7.42. The quantitative estimate of drug-likeness (QED) is 0.359. The van der Waals surface area contributed by atoms with Crippen molar-refractivity contribution < 1.29 is 38.1 Å². The fourth-order valence-corrected chi connectivity index (χ4v) is 2.82. The van der Waals surface area contributed by atoms with Crippen LogP contribution in [0.25, 0.3) is 0 Å². The van der Waals surface area contributed by atoms with Crippen molar-refractivity contribution in [3.8, 4) is 0 Å². The minimum Gasteiger partial charge on any atom is -0.460 e. The molecule has 0 fully saturated rings. The Kier molecular flexibility index (Phi) is 11.6. The highest BCUT2D eigenvalue weighted by atomic mass is 16.6. The predicted molar refractivity (Wildman–Crippen MR) is 125 cm³/mol. The first kappa shape index (κ1) is 27.2. The van der Waals surface area contributed by atoms with Gasteiger partial charge in [0.2, 0.25) is 0 Å². The van der Waals surface area contributed by atoms with Gasteiger partial charge in [0.05, 0.1) is 13.2 Å². The van der Waals surface area contributed by atoms with Gasteiger partial charge in [0.25, 0.3) is 0 Å². The molecule has 0 heterocycles. The largest absolute Gasteiger partial charge is 0.460 e. The number of nitrogens with one attached hydrogen (secondary N) is 1. The molecule has 0 saturated carbocycles. The molecule has 0 saturated heterocycles. The second-order valence-electron chi connectivity index (χ2n) is 7.42. The van der Waals surface area contributed by atoms with Crippen molar-refractivity contribution >= 4 is 24.1 Å². The zero-order valence-electron chi connectivity index (χ0n) is 19.9. The minimum atomic E-state index is -0.725. The molecule has 0 aromatic heterocycles. The molecular weight excluding hydrogens is 456 g/mol. The highest BCUT2D eigenvalue weighted by molar-refractivity contribution is 5.78. The third kappa shape index (κ3) is 11.1. The standard InChI is InChI=1S/C25H30N2O8/c1-3-32-25(31)27(2)16-23(29)35-18-21-11-7-10-19(14-21)12-13-33-24(30)26-15-22(28)34-17-20-8-5-4-6-9-20/h4-11,14H,3,12-13,15-18H2,1-2H3,(H,26,30). The summed E-state index contributed by atoms with van der Waals surface area (Å²) in [5.74, 6) is -1.13. The number of nitrogens with zero attached hydrogens (tertiary/aromatic N) is 1. The number of esters is 2. The van der Waals surface area contributed by atoms with Crippen molar-refractivity contribution in [1.29, 1.82) is 0 Å². The smallest absolute Gasteiger partial charge is 0.410 e. The lowest BCUT2D eigenvalue weighted by Crippen LogP contribution is -2.33. The summed E-state index contributed by atoms with van der Waals surface area (Å²) in [5, 5.41) is 2.35. The van der Waals surface area contributed by atoms with Crippen LogP contribution in [0.1, 0.15) is 23.6 Å². The van der Waals surface area contributed by atoms with E-state index in [4.69, 9.17) is 18.9 Å². The number of benzene rings is 2. The number of hydrogen-bond donors (Lipinski definition) is 1. The lowest BCUT2D eigenvalue weighted by atomic mass is 10.1. The number of likely N-dealkylation sites (N-methyl/N-ethyl adjacent to an activating group) is 1. The molecule has 2 aromatic rings. The van der Waals surface area contributed by atoms with E-state index in [0.717, 1.165) is 21.6 Å². The van der Waals surface area contributed by atoms with E-state index in [1.54, 1.807) is 19.1 Å². The molecule has 0 aliphatic rings. The fraction of sp³-hybridized carbons (Fsp3) is 0.360. The van der Waals surface area contributed by atoms with Gasteiger partial charge in [-0.05, 0) is 23.6 Å². The Hall–Kier alpha value is -4.08. The van der Waals surface area contributed by atoms with Crippen LogP contribution >= 0.6 is 0 Å². The first-order chi connectivity index (χ1) is 16.9. The zero-order chi connectivity index (χ0) is 25.5. The Labute approximate surface area is 204 Å². The van der Waals surface area contributed by atoms with Crippen LogP contribution in [0.4, 0.5) is 9.59 Å². The van der Waals surface area contributed by atoms with Gasteiger partial charge in [-0.25, -0.2) is 9.59 Å². The molecule has 0 aliphatic heterocycles. The average molecular weight is 487 g/mol. The van der Waals surface area contributed by atoms with Gasteiger partial charge in [0, 0.05) is 13.5 Å². The van der Waals surface area contributed by atoms with Crippen LogP contribution < -0.4 is 5.32 Å². The number of carbonyl (C=O) groups is 4. The van der Waals surface area contributed by atoms with Crippen molar-refractivity contribution in [2.24, 2.45) is 0 Å². The molecule has 2 rings (SSSR count). The molecule has 0 atom stereocenters. The van der Waals surface area contributed by atoms with Gasteiger partial charge >= 0.3 is 24.1 Å². The van der Waals surface area contributed by atoms with Crippen LogP contribution in [0.5, 0.6) is 0 Å². The molecule has 2 amide bonds. The second kappa shape index (κ2) is 14.9. The van der Waals surface area contributed by atoms with Crippen molar-refractivity contribution in [2.45, 2.75) is 26.6 Å². The Bertz CT molecular complexity index is 980. The van der Waals surface area contributed by atoms with E-state index >= 15 is 0 Å². The van der Waals surface area contributed by atoms with Gasteiger partial charge < -0.3 is 29.2 Å². The molecule has 1 N–H and O–H groups in total. The molecule has 188 valence electrons. The molecule has 35 heavy (non-hydrogen) atoms. The minimum absolute atomic E-state index is 0.0375. The van der Waals surface area contributed by atoms with E-state index in [1.165, 1.54) is 7.05 Å². The third-order valence-corrected chi connectivity index (χ3v) is 4.58. The zero-order valence-corrected chi connectivity index (χ0v) is 19.9. The molecule has 10 nitrogen and oxygen atoms in total. The first-order valence-corrected chi connectivity index (χ1v) is 11.1.